The van der Waals surface area contributed by atoms with E-state index in [1.807, 2.05) is 34.6 Å². The first kappa shape index (κ1) is 18.0. The number of fused-ring (bicyclic) bond motifs is 1. The van der Waals surface area contributed by atoms with Gasteiger partial charge in [-0.3, -0.25) is 14.2 Å². The highest BCUT2D eigenvalue weighted by Crippen LogP contribution is 2.29. The van der Waals surface area contributed by atoms with Crippen LogP contribution in [0.2, 0.25) is 0 Å². The van der Waals surface area contributed by atoms with Gasteiger partial charge < -0.3 is 5.32 Å². The van der Waals surface area contributed by atoms with E-state index < -0.39 is 0 Å². The summed E-state index contributed by atoms with van der Waals surface area (Å²) in [6.07, 6.45) is 0.908. The van der Waals surface area contributed by atoms with Crippen LogP contribution in [-0.2, 0) is 4.79 Å². The number of rotatable bonds is 6. The van der Waals surface area contributed by atoms with Gasteiger partial charge >= 0.3 is 0 Å². The first-order valence-electron chi connectivity index (χ1n) is 7.78. The highest BCUT2D eigenvalue weighted by atomic mass is 32.2. The van der Waals surface area contributed by atoms with E-state index in [9.17, 15) is 9.59 Å². The molecule has 0 radical (unpaired) electrons. The summed E-state index contributed by atoms with van der Waals surface area (Å²) in [4.78, 5) is 31.2. The number of amides is 1. The molecule has 5 nitrogen and oxygen atoms in total. The number of carbonyl (C=O) groups is 1. The van der Waals surface area contributed by atoms with Gasteiger partial charge in [0.2, 0.25) is 5.91 Å². The van der Waals surface area contributed by atoms with Crippen molar-refractivity contribution in [1.82, 2.24) is 14.9 Å². The van der Waals surface area contributed by atoms with Crippen LogP contribution in [0.25, 0.3) is 10.2 Å². The number of hydrogen-bond donors (Lipinski definition) is 1. The fourth-order valence-electron chi connectivity index (χ4n) is 2.29. The Kier molecular flexibility index (Phi) is 5.86. The van der Waals surface area contributed by atoms with Crippen LogP contribution in [0.4, 0.5) is 0 Å². The van der Waals surface area contributed by atoms with Crippen molar-refractivity contribution in [2.75, 3.05) is 12.3 Å². The summed E-state index contributed by atoms with van der Waals surface area (Å²) in [6, 6.07) is 0.000194. The minimum atomic E-state index is -0.0277. The van der Waals surface area contributed by atoms with Gasteiger partial charge in [-0.05, 0) is 39.7 Å². The smallest absolute Gasteiger partial charge is 0.263 e. The van der Waals surface area contributed by atoms with Crippen molar-refractivity contribution in [2.45, 2.75) is 52.2 Å². The van der Waals surface area contributed by atoms with Crippen molar-refractivity contribution in [3.63, 3.8) is 0 Å². The number of nitrogens with zero attached hydrogens (tertiary/aromatic N) is 2. The molecule has 0 aliphatic carbocycles. The second-order valence-electron chi connectivity index (χ2n) is 5.77. The number of aromatic nitrogens is 2. The minimum Gasteiger partial charge on any atom is -0.355 e. The van der Waals surface area contributed by atoms with Crippen molar-refractivity contribution in [3.8, 4) is 0 Å². The Labute approximate surface area is 144 Å². The standard InChI is InChI=1S/C16H23N3O2S2/c1-6-7-17-12(20)8-22-16-18-14-13(10(4)11(5)23-14)15(21)19(16)9(2)3/h9H,6-8H2,1-5H3,(H,17,20). The van der Waals surface area contributed by atoms with E-state index in [-0.39, 0.29) is 23.3 Å². The molecule has 0 aliphatic heterocycles. The second kappa shape index (κ2) is 7.49. The van der Waals surface area contributed by atoms with Crippen LogP contribution in [-0.4, -0.2) is 27.8 Å². The summed E-state index contributed by atoms with van der Waals surface area (Å²) >= 11 is 2.86. The molecule has 0 bridgehead atoms. The topological polar surface area (TPSA) is 64.0 Å². The highest BCUT2D eigenvalue weighted by molar-refractivity contribution is 7.99. The summed E-state index contributed by atoms with van der Waals surface area (Å²) in [7, 11) is 0. The van der Waals surface area contributed by atoms with Crippen molar-refractivity contribution in [3.05, 3.63) is 20.8 Å². The lowest BCUT2D eigenvalue weighted by Gasteiger charge is -2.15. The van der Waals surface area contributed by atoms with E-state index in [4.69, 9.17) is 0 Å². The van der Waals surface area contributed by atoms with Crippen molar-refractivity contribution >= 4 is 39.2 Å². The quantitative estimate of drug-likeness (QED) is 0.639. The Morgan fingerprint density at radius 3 is 2.70 bits per heavy atom. The predicted molar refractivity (Wildman–Crippen MR) is 97.8 cm³/mol. The molecule has 0 saturated carbocycles. The normalized spacial score (nSPS) is 11.4. The molecule has 1 amide bonds. The third-order valence-electron chi connectivity index (χ3n) is 3.62. The van der Waals surface area contributed by atoms with Crippen LogP contribution >= 0.6 is 23.1 Å². The molecular formula is C16H23N3O2S2. The second-order valence-corrected chi connectivity index (χ2v) is 7.91. The maximum atomic E-state index is 12.9. The Morgan fingerprint density at radius 2 is 2.09 bits per heavy atom. The van der Waals surface area contributed by atoms with Crippen molar-refractivity contribution in [2.24, 2.45) is 0 Å². The average molecular weight is 354 g/mol. The molecule has 126 valence electrons. The molecule has 7 heteroatoms. The van der Waals surface area contributed by atoms with E-state index in [2.05, 4.69) is 10.3 Å². The van der Waals surface area contributed by atoms with Gasteiger partial charge in [-0.15, -0.1) is 11.3 Å². The van der Waals surface area contributed by atoms with Crippen LogP contribution in [0, 0.1) is 13.8 Å². The molecule has 23 heavy (non-hydrogen) atoms. The van der Waals surface area contributed by atoms with Gasteiger partial charge in [-0.2, -0.15) is 0 Å². The van der Waals surface area contributed by atoms with Gasteiger partial charge in [-0.25, -0.2) is 4.98 Å². The number of hydrogen-bond acceptors (Lipinski definition) is 5. The zero-order valence-corrected chi connectivity index (χ0v) is 15.9. The Bertz CT molecular complexity index is 778. The third kappa shape index (κ3) is 3.77. The van der Waals surface area contributed by atoms with E-state index in [0.717, 1.165) is 21.7 Å². The molecule has 2 aromatic heterocycles. The summed E-state index contributed by atoms with van der Waals surface area (Å²) in [5.74, 6) is 0.244. The SMILES string of the molecule is CCCNC(=O)CSc1nc2sc(C)c(C)c2c(=O)n1C(C)C. The van der Waals surface area contributed by atoms with Gasteiger partial charge in [0.05, 0.1) is 11.1 Å². The maximum absolute atomic E-state index is 12.9. The molecule has 2 aromatic rings. The molecule has 0 aliphatic rings. The first-order chi connectivity index (χ1) is 10.9. The maximum Gasteiger partial charge on any atom is 0.263 e. The Balaban J connectivity index is 2.40. The molecule has 0 fully saturated rings. The lowest BCUT2D eigenvalue weighted by atomic mass is 10.2. The number of thiophene rings is 1. The molecule has 0 saturated heterocycles. The van der Waals surface area contributed by atoms with E-state index in [0.29, 0.717) is 17.1 Å². The molecule has 0 unspecified atom stereocenters. The van der Waals surface area contributed by atoms with E-state index >= 15 is 0 Å². The van der Waals surface area contributed by atoms with Crippen LogP contribution in [0.3, 0.4) is 0 Å². The predicted octanol–water partition coefficient (Wildman–Crippen LogP) is 3.27. The van der Waals surface area contributed by atoms with Gasteiger partial charge in [0.25, 0.3) is 5.56 Å². The number of thioether (sulfide) groups is 1. The first-order valence-corrected chi connectivity index (χ1v) is 9.58. The molecule has 0 spiro atoms. The van der Waals surface area contributed by atoms with Crippen LogP contribution in [0.5, 0.6) is 0 Å². The summed E-state index contributed by atoms with van der Waals surface area (Å²) in [6.45, 7) is 10.6. The summed E-state index contributed by atoms with van der Waals surface area (Å²) < 4.78 is 1.69. The Hall–Kier alpha value is -1.34. The van der Waals surface area contributed by atoms with Gasteiger partial charge in [-0.1, -0.05) is 18.7 Å². The minimum absolute atomic E-state index is 0.000194. The largest absolute Gasteiger partial charge is 0.355 e. The number of aryl methyl sites for hydroxylation is 2. The van der Waals surface area contributed by atoms with Crippen molar-refractivity contribution < 1.29 is 4.79 Å². The fourth-order valence-corrected chi connectivity index (χ4v) is 4.32. The van der Waals surface area contributed by atoms with Gasteiger partial charge in [0.1, 0.15) is 4.83 Å². The van der Waals surface area contributed by atoms with Gasteiger partial charge in [0, 0.05) is 17.5 Å². The van der Waals surface area contributed by atoms with Crippen LogP contribution in [0.15, 0.2) is 9.95 Å². The molecule has 0 aromatic carbocycles. The van der Waals surface area contributed by atoms with Gasteiger partial charge in [0.15, 0.2) is 5.16 Å². The monoisotopic (exact) mass is 353 g/mol. The lowest BCUT2D eigenvalue weighted by Crippen LogP contribution is -2.28. The summed E-state index contributed by atoms with van der Waals surface area (Å²) in [5, 5.41) is 4.17. The van der Waals surface area contributed by atoms with Crippen LogP contribution in [0.1, 0.15) is 43.7 Å². The molecule has 0 atom stereocenters. The lowest BCUT2D eigenvalue weighted by molar-refractivity contribution is -0.118. The van der Waals surface area contributed by atoms with Crippen LogP contribution < -0.4 is 10.9 Å². The zero-order valence-electron chi connectivity index (χ0n) is 14.2. The van der Waals surface area contributed by atoms with Crippen molar-refractivity contribution in [1.29, 1.82) is 0 Å². The Morgan fingerprint density at radius 1 is 1.39 bits per heavy atom. The average Bonchev–Trinajstić information content (AvgIpc) is 2.77. The summed E-state index contributed by atoms with van der Waals surface area (Å²) in [5.41, 5.74) is 0.998. The van der Waals surface area contributed by atoms with E-state index in [1.165, 1.54) is 23.1 Å². The molecule has 2 rings (SSSR count). The molecule has 2 heterocycles. The van der Waals surface area contributed by atoms with E-state index in [1.54, 1.807) is 4.57 Å². The highest BCUT2D eigenvalue weighted by Gasteiger charge is 2.18. The number of carbonyl (C=O) groups excluding carboxylic acids is 1. The fraction of sp³-hybridized carbons (Fsp3) is 0.562. The zero-order chi connectivity index (χ0) is 17.1. The third-order valence-corrected chi connectivity index (χ3v) is 5.68. The molecule has 1 N–H and O–H groups in total. The number of nitrogens with one attached hydrogen (secondary N) is 1. The molecular weight excluding hydrogens is 330 g/mol.